The van der Waals surface area contributed by atoms with Gasteiger partial charge in [-0.1, -0.05) is 30.3 Å². The van der Waals surface area contributed by atoms with E-state index >= 15 is 0 Å². The first-order valence-corrected chi connectivity index (χ1v) is 10.9. The molecule has 2 heterocycles. The molecule has 0 aliphatic carbocycles. The van der Waals surface area contributed by atoms with Crippen LogP contribution in [0.3, 0.4) is 0 Å². The Labute approximate surface area is 193 Å². The summed E-state index contributed by atoms with van der Waals surface area (Å²) in [6.07, 6.45) is 3.56. The first kappa shape index (κ1) is 22.5. The van der Waals surface area contributed by atoms with Crippen molar-refractivity contribution in [3.63, 3.8) is 0 Å². The summed E-state index contributed by atoms with van der Waals surface area (Å²) in [5.41, 5.74) is 2.49. The third-order valence-corrected chi connectivity index (χ3v) is 5.38. The lowest BCUT2D eigenvalue weighted by molar-refractivity contribution is -0.114. The van der Waals surface area contributed by atoms with Crippen LogP contribution in [-0.2, 0) is 16.1 Å². The molecule has 0 unspecified atom stereocenters. The van der Waals surface area contributed by atoms with E-state index in [1.54, 1.807) is 19.2 Å². The molecule has 4 rings (SSSR count). The molecule has 1 fully saturated rings. The number of methoxy groups -OCH3 is 1. The molecule has 2 aromatic carbocycles. The van der Waals surface area contributed by atoms with Gasteiger partial charge in [-0.05, 0) is 36.6 Å². The molecule has 1 saturated heterocycles. The Morgan fingerprint density at radius 1 is 1.12 bits per heavy atom. The second kappa shape index (κ2) is 10.7. The van der Waals surface area contributed by atoms with Gasteiger partial charge < -0.3 is 25.0 Å². The summed E-state index contributed by atoms with van der Waals surface area (Å²) in [5.74, 6) is 1.46. The third kappa shape index (κ3) is 6.17. The first-order valence-electron chi connectivity index (χ1n) is 10.9. The molecule has 0 spiro atoms. The highest BCUT2D eigenvalue weighted by atomic mass is 16.5. The highest BCUT2D eigenvalue weighted by Gasteiger charge is 2.22. The van der Waals surface area contributed by atoms with Crippen LogP contribution < -0.4 is 20.3 Å². The lowest BCUT2D eigenvalue weighted by Gasteiger charge is -2.31. The molecule has 0 bridgehead atoms. The van der Waals surface area contributed by atoms with Crippen molar-refractivity contribution in [3.05, 3.63) is 60.4 Å². The topological polar surface area (TPSA) is 102 Å². The minimum Gasteiger partial charge on any atom is -0.495 e. The molecule has 0 radical (unpaired) electrons. The van der Waals surface area contributed by atoms with Crippen molar-refractivity contribution in [2.24, 2.45) is 0 Å². The van der Waals surface area contributed by atoms with Crippen molar-refractivity contribution in [2.75, 3.05) is 35.7 Å². The van der Waals surface area contributed by atoms with Gasteiger partial charge in [-0.15, -0.1) is 0 Å². The molecule has 9 heteroatoms. The number of nitrogens with zero attached hydrogens (tertiary/aromatic N) is 4. The van der Waals surface area contributed by atoms with E-state index < -0.39 is 0 Å². The van der Waals surface area contributed by atoms with Gasteiger partial charge in [0, 0.05) is 25.7 Å². The number of carbonyl (C=O) groups is 1. The van der Waals surface area contributed by atoms with E-state index in [2.05, 4.69) is 42.6 Å². The fourth-order valence-corrected chi connectivity index (χ4v) is 3.71. The van der Waals surface area contributed by atoms with Crippen molar-refractivity contribution in [1.29, 1.82) is 0 Å². The maximum atomic E-state index is 11.5. The Balaban J connectivity index is 1.35. The van der Waals surface area contributed by atoms with Gasteiger partial charge in [0.25, 0.3) is 0 Å². The molecule has 172 valence electrons. The number of carbonyl (C=O) groups excluding carboxylic acids is 1. The number of aromatic nitrogens is 3. The molecule has 9 nitrogen and oxygen atoms in total. The number of benzene rings is 2. The van der Waals surface area contributed by atoms with Gasteiger partial charge in [0.1, 0.15) is 12.1 Å². The van der Waals surface area contributed by atoms with Crippen molar-refractivity contribution in [3.8, 4) is 5.75 Å². The molecule has 0 saturated carbocycles. The number of piperidine rings is 1. The molecular formula is C24H28N6O3. The Morgan fingerprint density at radius 2 is 1.91 bits per heavy atom. The zero-order chi connectivity index (χ0) is 23.0. The Kier molecular flexibility index (Phi) is 7.31. The number of nitrogens with one attached hydrogen (secondary N) is 2. The largest absolute Gasteiger partial charge is 0.495 e. The highest BCUT2D eigenvalue weighted by Crippen LogP contribution is 2.29. The molecule has 3 aromatic rings. The fourth-order valence-electron chi connectivity index (χ4n) is 3.71. The van der Waals surface area contributed by atoms with Crippen LogP contribution in [0.5, 0.6) is 5.75 Å². The van der Waals surface area contributed by atoms with E-state index in [0.29, 0.717) is 29.9 Å². The van der Waals surface area contributed by atoms with Gasteiger partial charge in [-0.3, -0.25) is 4.79 Å². The van der Waals surface area contributed by atoms with Crippen LogP contribution in [0.1, 0.15) is 25.3 Å². The van der Waals surface area contributed by atoms with Crippen LogP contribution in [0.25, 0.3) is 0 Å². The highest BCUT2D eigenvalue weighted by molar-refractivity contribution is 5.91. The predicted octanol–water partition coefficient (Wildman–Crippen LogP) is 3.77. The van der Waals surface area contributed by atoms with Gasteiger partial charge in [0.2, 0.25) is 17.8 Å². The number of ether oxygens (including phenoxy) is 2. The Hall–Kier alpha value is -3.72. The van der Waals surface area contributed by atoms with Crippen molar-refractivity contribution < 1.29 is 14.3 Å². The second-order valence-corrected chi connectivity index (χ2v) is 7.81. The molecule has 2 N–H and O–H groups in total. The van der Waals surface area contributed by atoms with E-state index in [-0.39, 0.29) is 12.0 Å². The van der Waals surface area contributed by atoms with E-state index in [9.17, 15) is 4.79 Å². The number of anilines is 4. The monoisotopic (exact) mass is 448 g/mol. The summed E-state index contributed by atoms with van der Waals surface area (Å²) in [6, 6.07) is 15.6. The molecule has 1 aliphatic heterocycles. The average molecular weight is 449 g/mol. The van der Waals surface area contributed by atoms with Crippen molar-refractivity contribution >= 4 is 29.2 Å². The lowest BCUT2D eigenvalue weighted by Crippen LogP contribution is -2.38. The SMILES string of the molecule is COc1ccc(Nc2ncnc(N3CCC(OCc4ccccc4)CC3)n2)cc1NC(C)=O. The molecule has 1 aliphatic rings. The number of rotatable bonds is 8. The van der Waals surface area contributed by atoms with Crippen molar-refractivity contribution in [2.45, 2.75) is 32.5 Å². The lowest BCUT2D eigenvalue weighted by atomic mass is 10.1. The van der Waals surface area contributed by atoms with Gasteiger partial charge in [0.05, 0.1) is 25.5 Å². The Bertz CT molecular complexity index is 1070. The maximum absolute atomic E-state index is 11.5. The summed E-state index contributed by atoms with van der Waals surface area (Å²) in [4.78, 5) is 26.8. The van der Waals surface area contributed by atoms with E-state index in [1.165, 1.54) is 18.8 Å². The first-order chi connectivity index (χ1) is 16.1. The number of hydrogen-bond acceptors (Lipinski definition) is 8. The van der Waals surface area contributed by atoms with Gasteiger partial charge in [-0.2, -0.15) is 4.98 Å². The second-order valence-electron chi connectivity index (χ2n) is 7.81. The normalized spacial score (nSPS) is 14.1. The van der Waals surface area contributed by atoms with E-state index in [1.807, 2.05) is 24.3 Å². The summed E-state index contributed by atoms with van der Waals surface area (Å²) >= 11 is 0. The van der Waals surface area contributed by atoms with Gasteiger partial charge >= 0.3 is 0 Å². The van der Waals surface area contributed by atoms with E-state index in [0.717, 1.165) is 31.6 Å². The third-order valence-electron chi connectivity index (χ3n) is 5.38. The molecular weight excluding hydrogens is 420 g/mol. The number of hydrogen-bond donors (Lipinski definition) is 2. The van der Waals surface area contributed by atoms with Crippen LogP contribution in [-0.4, -0.2) is 47.2 Å². The standard InChI is InChI=1S/C24H28N6O3/c1-17(31)27-21-14-19(8-9-22(21)32-2)28-23-25-16-26-24(29-23)30-12-10-20(11-13-30)33-15-18-6-4-3-5-7-18/h3-9,14,16,20H,10-13,15H2,1-2H3,(H,27,31)(H,25,26,28,29). The summed E-state index contributed by atoms with van der Waals surface area (Å²) in [5, 5.41) is 5.94. The van der Waals surface area contributed by atoms with Gasteiger partial charge in [-0.25, -0.2) is 9.97 Å². The van der Waals surface area contributed by atoms with Crippen LogP contribution in [0, 0.1) is 0 Å². The zero-order valence-electron chi connectivity index (χ0n) is 18.8. The maximum Gasteiger partial charge on any atom is 0.231 e. The Morgan fingerprint density at radius 3 is 2.64 bits per heavy atom. The fraction of sp³-hybridized carbons (Fsp3) is 0.333. The average Bonchev–Trinajstić information content (AvgIpc) is 2.84. The minimum absolute atomic E-state index is 0.177. The van der Waals surface area contributed by atoms with Crippen LogP contribution in [0.4, 0.5) is 23.3 Å². The smallest absolute Gasteiger partial charge is 0.231 e. The molecule has 33 heavy (non-hydrogen) atoms. The van der Waals surface area contributed by atoms with E-state index in [4.69, 9.17) is 9.47 Å². The van der Waals surface area contributed by atoms with Crippen LogP contribution in [0.15, 0.2) is 54.9 Å². The summed E-state index contributed by atoms with van der Waals surface area (Å²) < 4.78 is 11.4. The summed E-state index contributed by atoms with van der Waals surface area (Å²) in [7, 11) is 1.56. The van der Waals surface area contributed by atoms with Crippen LogP contribution in [0.2, 0.25) is 0 Å². The number of amides is 1. The quantitative estimate of drug-likeness (QED) is 0.537. The molecule has 0 atom stereocenters. The molecule has 1 aromatic heterocycles. The zero-order valence-corrected chi connectivity index (χ0v) is 18.8. The van der Waals surface area contributed by atoms with Crippen LogP contribution >= 0.6 is 0 Å². The van der Waals surface area contributed by atoms with Crippen molar-refractivity contribution in [1.82, 2.24) is 15.0 Å². The molecule has 1 amide bonds. The van der Waals surface area contributed by atoms with Gasteiger partial charge in [0.15, 0.2) is 0 Å². The summed E-state index contributed by atoms with van der Waals surface area (Å²) in [6.45, 7) is 3.72. The predicted molar refractivity (Wildman–Crippen MR) is 127 cm³/mol. The minimum atomic E-state index is -0.177.